The first-order valence-corrected chi connectivity index (χ1v) is 8.86. The number of amides is 2. The Morgan fingerprint density at radius 1 is 1.31 bits per heavy atom. The number of pyridine rings is 1. The number of aliphatic hydroxyl groups excluding tert-OH is 1. The van der Waals surface area contributed by atoms with Gasteiger partial charge < -0.3 is 15.3 Å². The van der Waals surface area contributed by atoms with Crippen LogP contribution in [0.25, 0.3) is 0 Å². The minimum absolute atomic E-state index is 0.146. The van der Waals surface area contributed by atoms with Gasteiger partial charge in [-0.15, -0.1) is 0 Å². The van der Waals surface area contributed by atoms with Gasteiger partial charge in [-0.3, -0.25) is 14.6 Å². The van der Waals surface area contributed by atoms with Crippen LogP contribution in [0.1, 0.15) is 28.0 Å². The van der Waals surface area contributed by atoms with Crippen LogP contribution in [0.2, 0.25) is 10.0 Å². The van der Waals surface area contributed by atoms with Crippen molar-refractivity contribution >= 4 is 40.7 Å². The Balaban J connectivity index is 1.65. The maximum Gasteiger partial charge on any atom is 0.254 e. The van der Waals surface area contributed by atoms with E-state index in [1.54, 1.807) is 29.2 Å². The topological polar surface area (TPSA) is 82.5 Å². The highest BCUT2D eigenvalue weighted by Crippen LogP contribution is 2.46. The molecule has 4 rings (SSSR count). The molecule has 1 fully saturated rings. The van der Waals surface area contributed by atoms with Crippen molar-refractivity contribution in [2.24, 2.45) is 0 Å². The predicted octanol–water partition coefficient (Wildman–Crippen LogP) is 2.62. The molecule has 1 aromatic carbocycles. The molecule has 2 aliphatic rings. The number of nitrogens with one attached hydrogen (secondary N) is 1. The maximum atomic E-state index is 12.8. The van der Waals surface area contributed by atoms with Gasteiger partial charge in [0.1, 0.15) is 0 Å². The molecule has 6 nitrogen and oxygen atoms in total. The lowest BCUT2D eigenvalue weighted by atomic mass is 9.81. The molecular weight excluding hydrogens is 377 g/mol. The summed E-state index contributed by atoms with van der Waals surface area (Å²) in [5.41, 5.74) is 1.47. The molecule has 0 aliphatic carbocycles. The summed E-state index contributed by atoms with van der Waals surface area (Å²) in [6.07, 6.45) is 2.00. The van der Waals surface area contributed by atoms with E-state index in [9.17, 15) is 14.7 Å². The van der Waals surface area contributed by atoms with Crippen molar-refractivity contribution in [3.05, 3.63) is 57.3 Å². The van der Waals surface area contributed by atoms with Gasteiger partial charge in [0, 0.05) is 30.5 Å². The summed E-state index contributed by atoms with van der Waals surface area (Å²) in [6.45, 7) is 0.474. The van der Waals surface area contributed by atoms with Gasteiger partial charge in [0.15, 0.2) is 0 Å². The molecule has 0 bridgehead atoms. The number of hydrogen-bond acceptors (Lipinski definition) is 4. The fourth-order valence-corrected chi connectivity index (χ4v) is 4.01. The minimum atomic E-state index is -0.813. The smallest absolute Gasteiger partial charge is 0.254 e. The lowest BCUT2D eigenvalue weighted by Crippen LogP contribution is -2.39. The molecule has 8 heteroatoms. The summed E-state index contributed by atoms with van der Waals surface area (Å²) in [5.74, 6) is -0.341. The molecule has 1 saturated heterocycles. The van der Waals surface area contributed by atoms with Gasteiger partial charge in [-0.05, 0) is 36.2 Å². The quantitative estimate of drug-likeness (QED) is 0.823. The number of hydrogen-bond donors (Lipinski definition) is 2. The number of benzene rings is 1. The molecule has 0 radical (unpaired) electrons. The highest BCUT2D eigenvalue weighted by Gasteiger charge is 2.52. The molecular formula is C18H15Cl2N3O3. The molecule has 26 heavy (non-hydrogen) atoms. The van der Waals surface area contributed by atoms with Gasteiger partial charge in [-0.1, -0.05) is 23.2 Å². The normalized spacial score (nSPS) is 21.2. The summed E-state index contributed by atoms with van der Waals surface area (Å²) >= 11 is 12.2. The largest absolute Gasteiger partial charge is 0.390 e. The first kappa shape index (κ1) is 17.3. The van der Waals surface area contributed by atoms with E-state index in [0.29, 0.717) is 40.0 Å². The maximum absolute atomic E-state index is 12.8. The van der Waals surface area contributed by atoms with E-state index in [2.05, 4.69) is 10.3 Å². The zero-order valence-electron chi connectivity index (χ0n) is 13.6. The highest BCUT2D eigenvalue weighted by molar-refractivity contribution is 6.42. The third kappa shape index (κ3) is 2.57. The fraction of sp³-hybridized carbons (Fsp3) is 0.278. The average molecular weight is 392 g/mol. The first-order chi connectivity index (χ1) is 12.4. The molecule has 134 valence electrons. The lowest BCUT2D eigenvalue weighted by molar-refractivity contribution is -0.120. The fourth-order valence-electron chi connectivity index (χ4n) is 3.68. The van der Waals surface area contributed by atoms with Gasteiger partial charge in [0.2, 0.25) is 5.91 Å². The molecule has 1 aromatic heterocycles. The van der Waals surface area contributed by atoms with Crippen LogP contribution in [0.4, 0.5) is 5.69 Å². The number of aromatic nitrogens is 1. The second-order valence-corrected chi connectivity index (χ2v) is 7.33. The van der Waals surface area contributed by atoms with Gasteiger partial charge in [-0.25, -0.2) is 0 Å². The zero-order valence-corrected chi connectivity index (χ0v) is 15.1. The zero-order chi connectivity index (χ0) is 18.5. The van der Waals surface area contributed by atoms with Crippen LogP contribution in [0.3, 0.4) is 0 Å². The third-order valence-corrected chi connectivity index (χ3v) is 5.76. The Labute approximate surface area is 159 Å². The van der Waals surface area contributed by atoms with E-state index in [1.165, 1.54) is 6.20 Å². The average Bonchev–Trinajstić information content (AvgIpc) is 3.19. The number of carbonyl (C=O) groups is 2. The second kappa shape index (κ2) is 6.23. The molecule has 2 aliphatic heterocycles. The second-order valence-electron chi connectivity index (χ2n) is 6.52. The number of likely N-dealkylation sites (tertiary alicyclic amines) is 1. The van der Waals surface area contributed by atoms with E-state index in [0.717, 1.165) is 5.56 Å². The molecule has 2 aromatic rings. The van der Waals surface area contributed by atoms with Crippen LogP contribution in [-0.4, -0.2) is 39.9 Å². The van der Waals surface area contributed by atoms with Gasteiger partial charge in [0.05, 0.1) is 27.8 Å². The van der Waals surface area contributed by atoms with Crippen LogP contribution in [0.5, 0.6) is 0 Å². The van der Waals surface area contributed by atoms with Crippen molar-refractivity contribution in [1.82, 2.24) is 9.88 Å². The molecule has 0 saturated carbocycles. The van der Waals surface area contributed by atoms with Crippen LogP contribution < -0.4 is 5.32 Å². The van der Waals surface area contributed by atoms with Crippen LogP contribution in [-0.2, 0) is 16.8 Å². The monoisotopic (exact) mass is 391 g/mol. The van der Waals surface area contributed by atoms with Crippen LogP contribution in [0, 0.1) is 0 Å². The van der Waals surface area contributed by atoms with E-state index in [-0.39, 0.29) is 25.0 Å². The Hall–Kier alpha value is -2.15. The van der Waals surface area contributed by atoms with Crippen molar-refractivity contribution in [3.63, 3.8) is 0 Å². The van der Waals surface area contributed by atoms with Crippen molar-refractivity contribution in [2.45, 2.75) is 18.4 Å². The van der Waals surface area contributed by atoms with Crippen molar-refractivity contribution in [1.29, 1.82) is 0 Å². The van der Waals surface area contributed by atoms with Crippen LogP contribution >= 0.6 is 23.2 Å². The number of anilines is 1. The van der Waals surface area contributed by atoms with Gasteiger partial charge >= 0.3 is 0 Å². The molecule has 2 N–H and O–H groups in total. The standard InChI is InChI=1S/C18H15Cl2N3O3/c19-13-6-12-15(7-14(13)20)22-17(26)18(12)2-4-23(9-18)16(25)10-1-3-21-11(5-10)8-24/h1,3,5-7,24H,2,4,8-9H2,(H,22,26)/t18-/m1/s1. The highest BCUT2D eigenvalue weighted by atomic mass is 35.5. The summed E-state index contributed by atoms with van der Waals surface area (Å²) in [6, 6.07) is 6.52. The number of rotatable bonds is 2. The van der Waals surface area contributed by atoms with Crippen molar-refractivity contribution in [2.75, 3.05) is 18.4 Å². The van der Waals surface area contributed by atoms with E-state index in [1.807, 2.05) is 0 Å². The summed E-state index contributed by atoms with van der Waals surface area (Å²) in [4.78, 5) is 31.2. The third-order valence-electron chi connectivity index (χ3n) is 5.04. The van der Waals surface area contributed by atoms with E-state index >= 15 is 0 Å². The Morgan fingerprint density at radius 2 is 2.08 bits per heavy atom. The number of carbonyl (C=O) groups excluding carboxylic acids is 2. The lowest BCUT2D eigenvalue weighted by Gasteiger charge is -2.23. The minimum Gasteiger partial charge on any atom is -0.390 e. The first-order valence-electron chi connectivity index (χ1n) is 8.11. The molecule has 1 spiro atoms. The number of halogens is 2. The number of fused-ring (bicyclic) bond motifs is 2. The van der Waals surface area contributed by atoms with Crippen molar-refractivity contribution in [3.8, 4) is 0 Å². The molecule has 1 atom stereocenters. The summed E-state index contributed by atoms with van der Waals surface area (Å²) < 4.78 is 0. The van der Waals surface area contributed by atoms with Crippen molar-refractivity contribution < 1.29 is 14.7 Å². The molecule has 0 unspecified atom stereocenters. The van der Waals surface area contributed by atoms with Gasteiger partial charge in [-0.2, -0.15) is 0 Å². The van der Waals surface area contributed by atoms with Crippen LogP contribution in [0.15, 0.2) is 30.5 Å². The Morgan fingerprint density at radius 3 is 2.85 bits per heavy atom. The Kier molecular flexibility index (Phi) is 4.14. The predicted molar refractivity (Wildman–Crippen MR) is 97.5 cm³/mol. The summed E-state index contributed by atoms with van der Waals surface area (Å²) in [5, 5.41) is 12.8. The Bertz CT molecular complexity index is 934. The van der Waals surface area contributed by atoms with E-state index < -0.39 is 5.41 Å². The number of aliphatic hydroxyl groups is 1. The summed E-state index contributed by atoms with van der Waals surface area (Å²) in [7, 11) is 0. The van der Waals surface area contributed by atoms with E-state index in [4.69, 9.17) is 23.2 Å². The van der Waals surface area contributed by atoms with Gasteiger partial charge in [0.25, 0.3) is 5.91 Å². The number of nitrogens with zero attached hydrogens (tertiary/aromatic N) is 2. The molecule has 3 heterocycles. The molecule has 2 amide bonds. The SMILES string of the molecule is O=C(c1ccnc(CO)c1)N1CC[C@]2(C1)C(=O)Nc1cc(Cl)c(Cl)cc12.